The van der Waals surface area contributed by atoms with Crippen LogP contribution in [0.25, 0.3) is 0 Å². The third kappa shape index (κ3) is 2.22. The van der Waals surface area contributed by atoms with E-state index < -0.39 is 0 Å². The van der Waals surface area contributed by atoms with Crippen LogP contribution in [0.1, 0.15) is 53.4 Å². The third-order valence-corrected chi connectivity index (χ3v) is 4.70. The van der Waals surface area contributed by atoms with Crippen molar-refractivity contribution in [3.63, 3.8) is 0 Å². The minimum Gasteiger partial charge on any atom is -0.297 e. The van der Waals surface area contributed by atoms with Crippen molar-refractivity contribution < 1.29 is 0 Å². The lowest BCUT2D eigenvalue weighted by molar-refractivity contribution is 0.0316. The number of fused-ring (bicyclic) bond motifs is 1. The number of likely N-dealkylation sites (tertiary alicyclic amines) is 1. The summed E-state index contributed by atoms with van der Waals surface area (Å²) in [6, 6.07) is 1.68. The Labute approximate surface area is 95.2 Å². The summed E-state index contributed by atoms with van der Waals surface area (Å²) in [4.78, 5) is 2.80. The largest absolute Gasteiger partial charge is 0.297 e. The molecule has 0 bridgehead atoms. The van der Waals surface area contributed by atoms with Gasteiger partial charge in [-0.3, -0.25) is 4.90 Å². The van der Waals surface area contributed by atoms with Crippen molar-refractivity contribution in [2.24, 2.45) is 17.8 Å². The van der Waals surface area contributed by atoms with E-state index >= 15 is 0 Å². The van der Waals surface area contributed by atoms with Crippen LogP contribution in [0, 0.1) is 17.8 Å². The quantitative estimate of drug-likeness (QED) is 0.672. The highest BCUT2D eigenvalue weighted by Crippen LogP contribution is 2.41. The van der Waals surface area contributed by atoms with Crippen LogP contribution in [0.3, 0.4) is 0 Å². The van der Waals surface area contributed by atoms with Crippen molar-refractivity contribution in [3.05, 3.63) is 0 Å². The van der Waals surface area contributed by atoms with Gasteiger partial charge in [0, 0.05) is 18.6 Å². The SMILES string of the molecule is CC(C)C1CC2CCCC2N(C(C)C)C1. The van der Waals surface area contributed by atoms with Crippen molar-refractivity contribution in [2.75, 3.05) is 6.54 Å². The van der Waals surface area contributed by atoms with Gasteiger partial charge in [0.15, 0.2) is 0 Å². The predicted molar refractivity (Wildman–Crippen MR) is 65.9 cm³/mol. The van der Waals surface area contributed by atoms with Gasteiger partial charge in [0.1, 0.15) is 0 Å². The van der Waals surface area contributed by atoms with Gasteiger partial charge >= 0.3 is 0 Å². The molecule has 1 aliphatic carbocycles. The zero-order chi connectivity index (χ0) is 11.0. The van der Waals surface area contributed by atoms with E-state index in [2.05, 4.69) is 32.6 Å². The zero-order valence-corrected chi connectivity index (χ0v) is 10.9. The van der Waals surface area contributed by atoms with Crippen molar-refractivity contribution in [1.82, 2.24) is 4.90 Å². The fourth-order valence-corrected chi connectivity index (χ4v) is 3.68. The Bertz CT molecular complexity index is 209. The Morgan fingerprint density at radius 3 is 2.40 bits per heavy atom. The lowest BCUT2D eigenvalue weighted by Crippen LogP contribution is -2.50. The van der Waals surface area contributed by atoms with Crippen molar-refractivity contribution in [2.45, 2.75) is 65.5 Å². The summed E-state index contributed by atoms with van der Waals surface area (Å²) in [7, 11) is 0. The summed E-state index contributed by atoms with van der Waals surface area (Å²) in [5.74, 6) is 2.84. The molecule has 2 rings (SSSR count). The highest BCUT2D eigenvalue weighted by atomic mass is 15.2. The first-order valence-electron chi connectivity index (χ1n) is 6.85. The molecule has 1 aliphatic heterocycles. The van der Waals surface area contributed by atoms with Gasteiger partial charge in [-0.1, -0.05) is 20.3 Å². The number of hydrogen-bond donors (Lipinski definition) is 0. The predicted octanol–water partition coefficient (Wildman–Crippen LogP) is 3.54. The molecule has 15 heavy (non-hydrogen) atoms. The molecule has 0 amide bonds. The summed E-state index contributed by atoms with van der Waals surface area (Å²) in [5.41, 5.74) is 0. The molecule has 2 fully saturated rings. The standard InChI is InChI=1S/C14H27N/c1-10(2)13-8-12-6-5-7-14(12)15(9-13)11(3)4/h10-14H,5-9H2,1-4H3. The first-order chi connectivity index (χ1) is 7.09. The molecule has 1 heterocycles. The van der Waals surface area contributed by atoms with Crippen molar-refractivity contribution in [1.29, 1.82) is 0 Å². The Balaban J connectivity index is 2.08. The molecule has 3 atom stereocenters. The minimum absolute atomic E-state index is 0.747. The zero-order valence-electron chi connectivity index (χ0n) is 10.9. The first kappa shape index (κ1) is 11.4. The van der Waals surface area contributed by atoms with Gasteiger partial charge in [0.2, 0.25) is 0 Å². The summed E-state index contributed by atoms with van der Waals surface area (Å²) in [5, 5.41) is 0. The highest BCUT2D eigenvalue weighted by molar-refractivity contribution is 4.93. The van der Waals surface area contributed by atoms with Crippen LogP contribution in [0.15, 0.2) is 0 Å². The minimum atomic E-state index is 0.747. The normalized spacial score (nSPS) is 37.6. The van der Waals surface area contributed by atoms with Gasteiger partial charge in [-0.05, 0) is 50.9 Å². The summed E-state index contributed by atoms with van der Waals surface area (Å²) >= 11 is 0. The second-order valence-electron chi connectivity index (χ2n) is 6.29. The Morgan fingerprint density at radius 1 is 1.07 bits per heavy atom. The maximum atomic E-state index is 2.80. The fraction of sp³-hybridized carbons (Fsp3) is 1.00. The average molecular weight is 209 g/mol. The molecule has 0 aromatic rings. The van der Waals surface area contributed by atoms with Crippen LogP contribution < -0.4 is 0 Å². The van der Waals surface area contributed by atoms with Crippen molar-refractivity contribution in [3.8, 4) is 0 Å². The molecular weight excluding hydrogens is 182 g/mol. The molecule has 0 aromatic carbocycles. The smallest absolute Gasteiger partial charge is 0.0126 e. The van der Waals surface area contributed by atoms with E-state index in [1.807, 2.05) is 0 Å². The molecule has 0 aromatic heterocycles. The van der Waals surface area contributed by atoms with Crippen LogP contribution in [0.5, 0.6) is 0 Å². The lowest BCUT2D eigenvalue weighted by atomic mass is 9.79. The monoisotopic (exact) mass is 209 g/mol. The van der Waals surface area contributed by atoms with E-state index in [0.29, 0.717) is 0 Å². The summed E-state index contributed by atoms with van der Waals surface area (Å²) in [6.45, 7) is 10.9. The molecule has 0 spiro atoms. The second kappa shape index (κ2) is 4.45. The van der Waals surface area contributed by atoms with Crippen LogP contribution in [-0.4, -0.2) is 23.5 Å². The molecule has 3 unspecified atom stereocenters. The Morgan fingerprint density at radius 2 is 1.80 bits per heavy atom. The molecule has 2 aliphatic rings. The van der Waals surface area contributed by atoms with Crippen LogP contribution >= 0.6 is 0 Å². The fourth-order valence-electron chi connectivity index (χ4n) is 3.68. The van der Waals surface area contributed by atoms with E-state index in [1.165, 1.54) is 32.2 Å². The molecule has 1 saturated heterocycles. The van der Waals surface area contributed by atoms with Gasteiger partial charge in [0.05, 0.1) is 0 Å². The van der Waals surface area contributed by atoms with E-state index in [0.717, 1.165) is 29.8 Å². The van der Waals surface area contributed by atoms with E-state index in [9.17, 15) is 0 Å². The first-order valence-corrected chi connectivity index (χ1v) is 6.85. The van der Waals surface area contributed by atoms with Crippen LogP contribution in [-0.2, 0) is 0 Å². The molecule has 1 nitrogen and oxygen atoms in total. The molecule has 0 radical (unpaired) electrons. The number of nitrogens with zero attached hydrogens (tertiary/aromatic N) is 1. The summed E-state index contributed by atoms with van der Waals surface area (Å²) < 4.78 is 0. The maximum absolute atomic E-state index is 2.80. The molecule has 1 heteroatoms. The van der Waals surface area contributed by atoms with Crippen LogP contribution in [0.2, 0.25) is 0 Å². The van der Waals surface area contributed by atoms with E-state index in [4.69, 9.17) is 0 Å². The van der Waals surface area contributed by atoms with Gasteiger partial charge in [-0.15, -0.1) is 0 Å². The van der Waals surface area contributed by atoms with Gasteiger partial charge in [0.25, 0.3) is 0 Å². The molecule has 88 valence electrons. The number of piperidine rings is 1. The summed E-state index contributed by atoms with van der Waals surface area (Å²) in [6.07, 6.45) is 5.94. The maximum Gasteiger partial charge on any atom is 0.0126 e. The van der Waals surface area contributed by atoms with Crippen LogP contribution in [0.4, 0.5) is 0 Å². The van der Waals surface area contributed by atoms with Crippen molar-refractivity contribution >= 4 is 0 Å². The lowest BCUT2D eigenvalue weighted by Gasteiger charge is -2.45. The molecule has 1 saturated carbocycles. The van der Waals surface area contributed by atoms with E-state index in [1.54, 1.807) is 0 Å². The highest BCUT2D eigenvalue weighted by Gasteiger charge is 2.40. The van der Waals surface area contributed by atoms with Gasteiger partial charge < -0.3 is 0 Å². The topological polar surface area (TPSA) is 3.24 Å². The number of rotatable bonds is 2. The number of hydrogen-bond acceptors (Lipinski definition) is 1. The van der Waals surface area contributed by atoms with E-state index in [-0.39, 0.29) is 0 Å². The average Bonchev–Trinajstić information content (AvgIpc) is 2.62. The second-order valence-corrected chi connectivity index (χ2v) is 6.29. The van der Waals surface area contributed by atoms with Gasteiger partial charge in [-0.25, -0.2) is 0 Å². The third-order valence-electron chi connectivity index (χ3n) is 4.70. The Hall–Kier alpha value is -0.0400. The molecular formula is C14H27N. The molecule has 0 N–H and O–H groups in total. The van der Waals surface area contributed by atoms with Gasteiger partial charge in [-0.2, -0.15) is 0 Å². The Kier molecular flexibility index (Phi) is 3.39.